The Kier molecular flexibility index (Phi) is 7.76. The summed E-state index contributed by atoms with van der Waals surface area (Å²) in [5, 5.41) is 0.564. The quantitative estimate of drug-likeness (QED) is 0.292. The van der Waals surface area contributed by atoms with E-state index in [1.807, 2.05) is 97.6 Å². The van der Waals surface area contributed by atoms with Crippen molar-refractivity contribution in [2.24, 2.45) is 0 Å². The van der Waals surface area contributed by atoms with Gasteiger partial charge in [-0.2, -0.15) is 0 Å². The summed E-state index contributed by atoms with van der Waals surface area (Å²) in [4.78, 5) is 34.6. The lowest BCUT2D eigenvalue weighted by atomic mass is 9.94. The molecule has 0 spiro atoms. The van der Waals surface area contributed by atoms with Crippen molar-refractivity contribution in [2.45, 2.75) is 52.0 Å². The second kappa shape index (κ2) is 11.1. The lowest BCUT2D eigenvalue weighted by molar-refractivity contribution is -0.135. The van der Waals surface area contributed by atoms with Crippen LogP contribution in [-0.2, 0) is 4.79 Å². The average molecular weight is 468 g/mol. The fourth-order valence-electron chi connectivity index (χ4n) is 4.66. The molecule has 0 saturated heterocycles. The van der Waals surface area contributed by atoms with Gasteiger partial charge in [0, 0.05) is 6.54 Å². The van der Waals surface area contributed by atoms with Crippen LogP contribution in [0.4, 0.5) is 0 Å². The fourth-order valence-corrected chi connectivity index (χ4v) is 4.66. The minimum absolute atomic E-state index is 0.0710. The van der Waals surface area contributed by atoms with Gasteiger partial charge in [0.15, 0.2) is 0 Å². The summed E-state index contributed by atoms with van der Waals surface area (Å²) < 4.78 is 1.67. The molecule has 4 rings (SSSR count). The number of hydrogen-bond acceptors (Lipinski definition) is 3. The van der Waals surface area contributed by atoms with E-state index in [2.05, 4.69) is 6.92 Å². The fraction of sp³-hybridized carbons (Fsp3) is 0.300. The molecule has 0 saturated carbocycles. The molecule has 4 aromatic rings. The molecule has 5 heteroatoms. The first-order valence-electron chi connectivity index (χ1n) is 12.5. The highest BCUT2D eigenvalue weighted by Crippen LogP contribution is 2.29. The van der Waals surface area contributed by atoms with Crippen LogP contribution in [0.3, 0.4) is 0 Å². The minimum Gasteiger partial charge on any atom is -0.332 e. The van der Waals surface area contributed by atoms with Crippen LogP contribution >= 0.6 is 0 Å². The number of benzene rings is 3. The van der Waals surface area contributed by atoms with Crippen molar-refractivity contribution >= 4 is 16.8 Å². The first kappa shape index (κ1) is 24.4. The van der Waals surface area contributed by atoms with Crippen molar-refractivity contribution in [3.63, 3.8) is 0 Å². The van der Waals surface area contributed by atoms with Gasteiger partial charge < -0.3 is 4.90 Å². The van der Waals surface area contributed by atoms with Crippen LogP contribution in [-0.4, -0.2) is 26.9 Å². The molecule has 0 fully saturated rings. The molecule has 2 atom stereocenters. The van der Waals surface area contributed by atoms with Gasteiger partial charge in [0.2, 0.25) is 5.91 Å². The number of rotatable bonds is 9. The van der Waals surface area contributed by atoms with E-state index < -0.39 is 0 Å². The zero-order chi connectivity index (χ0) is 24.8. The van der Waals surface area contributed by atoms with Gasteiger partial charge in [0.05, 0.1) is 28.6 Å². The molecule has 0 N–H and O–H groups in total. The van der Waals surface area contributed by atoms with Gasteiger partial charge in [-0.1, -0.05) is 80.9 Å². The molecule has 0 bridgehead atoms. The Hall–Kier alpha value is -3.73. The zero-order valence-electron chi connectivity index (χ0n) is 20.7. The lowest BCUT2D eigenvalue weighted by Gasteiger charge is -2.33. The summed E-state index contributed by atoms with van der Waals surface area (Å²) in [5.74, 6) is 0.404. The number of carbonyl (C=O) groups is 1. The summed E-state index contributed by atoms with van der Waals surface area (Å²) in [6.45, 7) is 6.76. The standard InChI is InChI=1S/C30H33N3O2/c1-4-6-21-32(29(34)25(5-2)23-15-9-7-10-16-23)22(3)28-31-27-20-14-13-19-26(27)30(35)33(28)24-17-11-8-12-18-24/h7-20,22,25H,4-6,21H2,1-3H3. The SMILES string of the molecule is CCCCN(C(=O)C(CC)c1ccccc1)C(C)c1nc2ccccc2c(=O)n1-c1ccccc1. The Balaban J connectivity index is 1.86. The van der Waals surface area contributed by atoms with E-state index in [1.54, 1.807) is 10.6 Å². The largest absolute Gasteiger partial charge is 0.332 e. The summed E-state index contributed by atoms with van der Waals surface area (Å²) in [7, 11) is 0. The Morgan fingerprint density at radius 3 is 2.20 bits per heavy atom. The van der Waals surface area contributed by atoms with E-state index in [0.29, 0.717) is 29.7 Å². The van der Waals surface area contributed by atoms with E-state index in [0.717, 1.165) is 24.1 Å². The van der Waals surface area contributed by atoms with Crippen LogP contribution in [0.5, 0.6) is 0 Å². The van der Waals surface area contributed by atoms with E-state index >= 15 is 0 Å². The first-order chi connectivity index (χ1) is 17.1. The van der Waals surface area contributed by atoms with Crippen LogP contribution in [0, 0.1) is 0 Å². The highest BCUT2D eigenvalue weighted by molar-refractivity contribution is 5.84. The van der Waals surface area contributed by atoms with Gasteiger partial charge in [0.25, 0.3) is 5.56 Å². The van der Waals surface area contributed by atoms with Crippen molar-refractivity contribution < 1.29 is 4.79 Å². The number of hydrogen-bond donors (Lipinski definition) is 0. The number of fused-ring (bicyclic) bond motifs is 1. The topological polar surface area (TPSA) is 55.2 Å². The van der Waals surface area contributed by atoms with Crippen LogP contribution in [0.1, 0.15) is 63.4 Å². The Morgan fingerprint density at radius 1 is 0.914 bits per heavy atom. The third-order valence-corrected chi connectivity index (χ3v) is 6.60. The molecule has 1 aromatic heterocycles. The van der Waals surface area contributed by atoms with Crippen molar-refractivity contribution in [3.8, 4) is 5.69 Å². The van der Waals surface area contributed by atoms with Crippen LogP contribution < -0.4 is 5.56 Å². The van der Waals surface area contributed by atoms with Crippen molar-refractivity contribution in [1.29, 1.82) is 0 Å². The molecule has 35 heavy (non-hydrogen) atoms. The Labute approximate surface area is 207 Å². The molecule has 0 aliphatic heterocycles. The summed E-state index contributed by atoms with van der Waals surface area (Å²) >= 11 is 0. The molecular weight excluding hydrogens is 434 g/mol. The molecule has 3 aromatic carbocycles. The monoisotopic (exact) mass is 467 g/mol. The third kappa shape index (κ3) is 5.04. The predicted octanol–water partition coefficient (Wildman–Crippen LogP) is 6.27. The van der Waals surface area contributed by atoms with Gasteiger partial charge in [-0.3, -0.25) is 14.2 Å². The van der Waals surface area contributed by atoms with E-state index in [1.165, 1.54) is 0 Å². The zero-order valence-corrected chi connectivity index (χ0v) is 20.7. The molecule has 1 heterocycles. The smallest absolute Gasteiger partial charge is 0.266 e. The van der Waals surface area contributed by atoms with Crippen molar-refractivity contribution in [1.82, 2.24) is 14.5 Å². The van der Waals surface area contributed by atoms with Gasteiger partial charge in [0.1, 0.15) is 5.82 Å². The number of para-hydroxylation sites is 2. The first-order valence-corrected chi connectivity index (χ1v) is 12.5. The van der Waals surface area contributed by atoms with E-state index in [-0.39, 0.29) is 23.4 Å². The third-order valence-electron chi connectivity index (χ3n) is 6.60. The molecule has 5 nitrogen and oxygen atoms in total. The minimum atomic E-state index is -0.385. The van der Waals surface area contributed by atoms with Gasteiger partial charge in [-0.05, 0) is 49.6 Å². The van der Waals surface area contributed by atoms with Gasteiger partial charge in [-0.15, -0.1) is 0 Å². The molecule has 0 aliphatic carbocycles. The maximum absolute atomic E-state index is 14.0. The molecule has 0 radical (unpaired) electrons. The second-order valence-corrected chi connectivity index (χ2v) is 8.90. The van der Waals surface area contributed by atoms with Gasteiger partial charge in [-0.25, -0.2) is 4.98 Å². The van der Waals surface area contributed by atoms with Crippen LogP contribution in [0.15, 0.2) is 89.7 Å². The molecule has 2 unspecified atom stereocenters. The Morgan fingerprint density at radius 2 is 1.54 bits per heavy atom. The summed E-state index contributed by atoms with van der Waals surface area (Å²) in [6, 6.07) is 26.5. The van der Waals surface area contributed by atoms with Crippen molar-refractivity contribution in [2.75, 3.05) is 6.54 Å². The lowest BCUT2D eigenvalue weighted by Crippen LogP contribution is -2.40. The summed E-state index contributed by atoms with van der Waals surface area (Å²) in [5.41, 5.74) is 2.28. The van der Waals surface area contributed by atoms with Crippen LogP contribution in [0.2, 0.25) is 0 Å². The highest BCUT2D eigenvalue weighted by atomic mass is 16.2. The van der Waals surface area contributed by atoms with Gasteiger partial charge >= 0.3 is 0 Å². The molecular formula is C30H33N3O2. The number of carbonyl (C=O) groups excluding carboxylic acids is 1. The normalized spacial score (nSPS) is 12.9. The van der Waals surface area contributed by atoms with E-state index in [4.69, 9.17) is 4.98 Å². The van der Waals surface area contributed by atoms with Crippen LogP contribution in [0.25, 0.3) is 16.6 Å². The number of nitrogens with zero attached hydrogens (tertiary/aromatic N) is 3. The number of unbranched alkanes of at least 4 members (excludes halogenated alkanes) is 1. The van der Waals surface area contributed by atoms with Crippen molar-refractivity contribution in [3.05, 3.63) is 107 Å². The average Bonchev–Trinajstić information content (AvgIpc) is 2.90. The second-order valence-electron chi connectivity index (χ2n) is 8.90. The maximum atomic E-state index is 14.0. The predicted molar refractivity (Wildman–Crippen MR) is 142 cm³/mol. The molecule has 180 valence electrons. The molecule has 1 amide bonds. The maximum Gasteiger partial charge on any atom is 0.266 e. The number of amides is 1. The highest BCUT2D eigenvalue weighted by Gasteiger charge is 2.31. The molecule has 0 aliphatic rings. The number of aromatic nitrogens is 2. The van der Waals surface area contributed by atoms with E-state index in [9.17, 15) is 9.59 Å². The Bertz CT molecular complexity index is 1330. The summed E-state index contributed by atoms with van der Waals surface area (Å²) in [6.07, 6.45) is 2.55.